The SMILES string of the molecule is COCC(NS(=O)(=O)C(C)(C)C)C(=O)O. The van der Waals surface area contributed by atoms with E-state index >= 15 is 0 Å². The fraction of sp³-hybridized carbons (Fsp3) is 0.875. The van der Waals surface area contributed by atoms with Crippen LogP contribution in [0.4, 0.5) is 0 Å². The normalized spacial score (nSPS) is 14.9. The van der Waals surface area contributed by atoms with Gasteiger partial charge in [-0.25, -0.2) is 8.42 Å². The molecule has 0 aromatic heterocycles. The Morgan fingerprint density at radius 2 is 1.93 bits per heavy atom. The zero-order chi connectivity index (χ0) is 12.3. The van der Waals surface area contributed by atoms with Crippen molar-refractivity contribution >= 4 is 16.0 Å². The second-order valence-electron chi connectivity index (χ2n) is 4.08. The van der Waals surface area contributed by atoms with Crippen molar-refractivity contribution in [2.45, 2.75) is 31.6 Å². The van der Waals surface area contributed by atoms with E-state index in [0.29, 0.717) is 0 Å². The molecule has 0 aromatic carbocycles. The molecular weight excluding hydrogens is 222 g/mol. The number of rotatable bonds is 5. The third-order valence-electron chi connectivity index (χ3n) is 1.74. The van der Waals surface area contributed by atoms with Gasteiger partial charge in [0.25, 0.3) is 0 Å². The van der Waals surface area contributed by atoms with Crippen LogP contribution < -0.4 is 4.72 Å². The van der Waals surface area contributed by atoms with Crippen LogP contribution in [0.2, 0.25) is 0 Å². The summed E-state index contributed by atoms with van der Waals surface area (Å²) in [7, 11) is -2.37. The first kappa shape index (κ1) is 14.3. The maximum atomic E-state index is 11.6. The molecule has 1 atom stereocenters. The molecule has 0 fully saturated rings. The van der Waals surface area contributed by atoms with Crippen LogP contribution in [0, 0.1) is 0 Å². The topological polar surface area (TPSA) is 92.7 Å². The molecule has 0 aliphatic carbocycles. The summed E-state index contributed by atoms with van der Waals surface area (Å²) in [4.78, 5) is 10.7. The summed E-state index contributed by atoms with van der Waals surface area (Å²) in [5.74, 6) is -1.26. The lowest BCUT2D eigenvalue weighted by molar-refractivity contribution is -0.140. The summed E-state index contributed by atoms with van der Waals surface area (Å²) >= 11 is 0. The molecule has 0 saturated heterocycles. The number of nitrogens with one attached hydrogen (secondary N) is 1. The molecule has 90 valence electrons. The van der Waals surface area contributed by atoms with Crippen molar-refractivity contribution in [1.29, 1.82) is 0 Å². The number of carboxylic acid groups (broad SMARTS) is 1. The monoisotopic (exact) mass is 239 g/mol. The Morgan fingerprint density at radius 1 is 1.47 bits per heavy atom. The van der Waals surface area contributed by atoms with Crippen LogP contribution in [-0.2, 0) is 19.6 Å². The van der Waals surface area contributed by atoms with E-state index in [1.54, 1.807) is 0 Å². The lowest BCUT2D eigenvalue weighted by atomic mass is 10.3. The highest BCUT2D eigenvalue weighted by Crippen LogP contribution is 2.13. The summed E-state index contributed by atoms with van der Waals surface area (Å²) in [6, 6.07) is -1.25. The minimum Gasteiger partial charge on any atom is -0.480 e. The molecule has 0 spiro atoms. The van der Waals surface area contributed by atoms with Gasteiger partial charge in [0.1, 0.15) is 6.04 Å². The number of sulfonamides is 1. The molecule has 6 nitrogen and oxygen atoms in total. The number of methoxy groups -OCH3 is 1. The second-order valence-corrected chi connectivity index (χ2v) is 6.55. The van der Waals surface area contributed by atoms with Crippen LogP contribution in [0.5, 0.6) is 0 Å². The predicted molar refractivity (Wildman–Crippen MR) is 55.1 cm³/mol. The van der Waals surface area contributed by atoms with Gasteiger partial charge in [0.15, 0.2) is 0 Å². The van der Waals surface area contributed by atoms with Gasteiger partial charge in [0.05, 0.1) is 11.4 Å². The van der Waals surface area contributed by atoms with E-state index < -0.39 is 26.8 Å². The Morgan fingerprint density at radius 3 is 2.20 bits per heavy atom. The van der Waals surface area contributed by atoms with Gasteiger partial charge < -0.3 is 9.84 Å². The van der Waals surface area contributed by atoms with Gasteiger partial charge >= 0.3 is 5.97 Å². The van der Waals surface area contributed by atoms with Crippen LogP contribution in [0.25, 0.3) is 0 Å². The maximum Gasteiger partial charge on any atom is 0.324 e. The molecule has 0 aliphatic rings. The Hall–Kier alpha value is -0.660. The lowest BCUT2D eigenvalue weighted by Crippen LogP contribution is -2.49. The van der Waals surface area contributed by atoms with Crippen LogP contribution in [-0.4, -0.2) is 44.0 Å². The molecule has 0 heterocycles. The smallest absolute Gasteiger partial charge is 0.324 e. The Labute approximate surface area is 89.7 Å². The van der Waals surface area contributed by atoms with Crippen molar-refractivity contribution in [2.75, 3.05) is 13.7 Å². The Bertz CT molecular complexity index is 316. The Kier molecular flexibility index (Phi) is 4.69. The third-order valence-corrected chi connectivity index (χ3v) is 3.94. The van der Waals surface area contributed by atoms with Gasteiger partial charge in [0, 0.05) is 7.11 Å². The fourth-order valence-electron chi connectivity index (χ4n) is 0.686. The summed E-state index contributed by atoms with van der Waals surface area (Å²) < 4.78 is 28.9. The molecule has 1 unspecified atom stereocenters. The van der Waals surface area contributed by atoms with Crippen molar-refractivity contribution in [3.8, 4) is 0 Å². The van der Waals surface area contributed by atoms with E-state index in [9.17, 15) is 13.2 Å². The maximum absolute atomic E-state index is 11.6. The van der Waals surface area contributed by atoms with Gasteiger partial charge in [-0.2, -0.15) is 4.72 Å². The first-order chi connectivity index (χ1) is 6.62. The molecular formula is C8H17NO5S. The molecule has 0 amide bonds. The predicted octanol–water partition coefficient (Wildman–Crippen LogP) is -0.196. The number of carboxylic acids is 1. The number of aliphatic carboxylic acids is 1. The van der Waals surface area contributed by atoms with Crippen LogP contribution in [0.15, 0.2) is 0 Å². The minimum absolute atomic E-state index is 0.204. The van der Waals surface area contributed by atoms with Gasteiger partial charge in [-0.1, -0.05) is 0 Å². The molecule has 0 saturated carbocycles. The molecule has 0 bridgehead atoms. The zero-order valence-corrected chi connectivity index (χ0v) is 10.1. The van der Waals surface area contributed by atoms with E-state index in [-0.39, 0.29) is 6.61 Å². The molecule has 0 aromatic rings. The number of ether oxygens (including phenoxy) is 1. The summed E-state index contributed by atoms with van der Waals surface area (Å²) in [5.41, 5.74) is 0. The highest BCUT2D eigenvalue weighted by Gasteiger charge is 2.33. The highest BCUT2D eigenvalue weighted by molar-refractivity contribution is 7.90. The third kappa shape index (κ3) is 4.15. The molecule has 15 heavy (non-hydrogen) atoms. The summed E-state index contributed by atoms with van der Waals surface area (Å²) in [5, 5.41) is 8.73. The summed E-state index contributed by atoms with van der Waals surface area (Å²) in [6.45, 7) is 4.26. The van der Waals surface area contributed by atoms with Crippen molar-refractivity contribution in [3.05, 3.63) is 0 Å². The number of hydrogen-bond acceptors (Lipinski definition) is 4. The van der Waals surface area contributed by atoms with Gasteiger partial charge in [-0.3, -0.25) is 4.79 Å². The molecule has 2 N–H and O–H groups in total. The van der Waals surface area contributed by atoms with E-state index in [0.717, 1.165) is 0 Å². The quantitative estimate of drug-likeness (QED) is 0.693. The van der Waals surface area contributed by atoms with E-state index in [2.05, 4.69) is 9.46 Å². The van der Waals surface area contributed by atoms with Gasteiger partial charge in [-0.15, -0.1) is 0 Å². The van der Waals surface area contributed by atoms with Crippen LogP contribution >= 0.6 is 0 Å². The van der Waals surface area contributed by atoms with Gasteiger partial charge in [-0.05, 0) is 20.8 Å². The van der Waals surface area contributed by atoms with Crippen molar-refractivity contribution in [1.82, 2.24) is 4.72 Å². The lowest BCUT2D eigenvalue weighted by Gasteiger charge is -2.22. The highest BCUT2D eigenvalue weighted by atomic mass is 32.2. The average molecular weight is 239 g/mol. The standard InChI is InChI=1S/C8H17NO5S/c1-8(2,3)15(12,13)9-6(5-14-4)7(10)11/h6,9H,5H2,1-4H3,(H,10,11). The van der Waals surface area contributed by atoms with Crippen molar-refractivity contribution < 1.29 is 23.1 Å². The number of hydrogen-bond donors (Lipinski definition) is 2. The van der Waals surface area contributed by atoms with Crippen molar-refractivity contribution in [2.24, 2.45) is 0 Å². The van der Waals surface area contributed by atoms with Crippen molar-refractivity contribution in [3.63, 3.8) is 0 Å². The van der Waals surface area contributed by atoms with Crippen LogP contribution in [0.1, 0.15) is 20.8 Å². The first-order valence-electron chi connectivity index (χ1n) is 4.35. The van der Waals surface area contributed by atoms with E-state index in [4.69, 9.17) is 5.11 Å². The van der Waals surface area contributed by atoms with E-state index in [1.807, 2.05) is 0 Å². The average Bonchev–Trinajstić information content (AvgIpc) is 2.00. The van der Waals surface area contributed by atoms with Crippen LogP contribution in [0.3, 0.4) is 0 Å². The van der Waals surface area contributed by atoms with Gasteiger partial charge in [0.2, 0.25) is 10.0 Å². The summed E-state index contributed by atoms with van der Waals surface area (Å²) in [6.07, 6.45) is 0. The molecule has 0 radical (unpaired) electrons. The molecule has 0 rings (SSSR count). The number of carbonyl (C=O) groups is 1. The Balaban J connectivity index is 4.76. The fourth-order valence-corrected chi connectivity index (χ4v) is 1.58. The first-order valence-corrected chi connectivity index (χ1v) is 5.83. The minimum atomic E-state index is -3.67. The molecule has 7 heteroatoms. The largest absolute Gasteiger partial charge is 0.480 e. The molecule has 0 aliphatic heterocycles. The second kappa shape index (κ2) is 4.91. The zero-order valence-electron chi connectivity index (χ0n) is 9.27. The van der Waals surface area contributed by atoms with E-state index in [1.165, 1.54) is 27.9 Å².